The zero-order valence-corrected chi connectivity index (χ0v) is 14.0. The Balaban J connectivity index is 2.16. The number of hydrogen-bond donors (Lipinski definition) is 2. The molecule has 2 rings (SSSR count). The van der Waals surface area contributed by atoms with Gasteiger partial charge in [-0.2, -0.15) is 5.26 Å². The molecule has 128 valence electrons. The summed E-state index contributed by atoms with van der Waals surface area (Å²) in [5.74, 6) is -1.30. The summed E-state index contributed by atoms with van der Waals surface area (Å²) < 4.78 is 0. The first-order valence-corrected chi connectivity index (χ1v) is 8.06. The molecule has 25 heavy (non-hydrogen) atoms. The van der Waals surface area contributed by atoms with E-state index in [1.165, 1.54) is 0 Å². The normalized spacial score (nSPS) is 12.6. The van der Waals surface area contributed by atoms with Crippen molar-refractivity contribution < 1.29 is 14.7 Å². The molecule has 0 aromatic heterocycles. The lowest BCUT2D eigenvalue weighted by Gasteiger charge is -2.29. The lowest BCUT2D eigenvalue weighted by molar-refractivity contribution is -0.143. The van der Waals surface area contributed by atoms with Gasteiger partial charge in [-0.1, -0.05) is 49.4 Å². The van der Waals surface area contributed by atoms with E-state index in [0.29, 0.717) is 17.5 Å². The number of rotatable bonds is 7. The van der Waals surface area contributed by atoms with Gasteiger partial charge in [-0.25, -0.2) is 0 Å². The van der Waals surface area contributed by atoms with Crippen LogP contribution in [-0.4, -0.2) is 23.5 Å². The molecule has 0 bridgehead atoms. The van der Waals surface area contributed by atoms with Gasteiger partial charge in [-0.15, -0.1) is 0 Å². The highest BCUT2D eigenvalue weighted by Crippen LogP contribution is 2.28. The maximum absolute atomic E-state index is 12.4. The number of carboxylic acid groups (broad SMARTS) is 1. The zero-order chi connectivity index (χ0) is 18.3. The quantitative estimate of drug-likeness (QED) is 0.813. The van der Waals surface area contributed by atoms with Crippen molar-refractivity contribution in [3.63, 3.8) is 0 Å². The van der Waals surface area contributed by atoms with E-state index >= 15 is 0 Å². The Morgan fingerprint density at radius 3 is 2.28 bits per heavy atom. The highest BCUT2D eigenvalue weighted by atomic mass is 16.4. The van der Waals surface area contributed by atoms with Gasteiger partial charge in [-0.3, -0.25) is 9.59 Å². The van der Waals surface area contributed by atoms with E-state index in [1.807, 2.05) is 6.07 Å². The van der Waals surface area contributed by atoms with Crippen LogP contribution in [0, 0.1) is 11.3 Å². The number of aliphatic carboxylic acids is 1. The average molecular weight is 336 g/mol. The molecule has 0 fully saturated rings. The molecule has 5 nitrogen and oxygen atoms in total. The molecule has 1 unspecified atom stereocenters. The van der Waals surface area contributed by atoms with Crippen LogP contribution in [0.5, 0.6) is 0 Å². The molecule has 0 saturated heterocycles. The van der Waals surface area contributed by atoms with Gasteiger partial charge in [0, 0.05) is 12.1 Å². The molecule has 5 heteroatoms. The predicted octanol–water partition coefficient (Wildman–Crippen LogP) is 2.92. The van der Waals surface area contributed by atoms with E-state index in [4.69, 9.17) is 5.26 Å². The minimum absolute atomic E-state index is 0.00161. The topological polar surface area (TPSA) is 90.2 Å². The molecule has 0 aliphatic carbocycles. The number of nitrogens with one attached hydrogen (secondary N) is 1. The number of nitriles is 1. The number of nitrogens with zero attached hydrogens (tertiary/aromatic N) is 1. The fourth-order valence-electron chi connectivity index (χ4n) is 2.74. The molecule has 2 aromatic carbocycles. The molecule has 2 aromatic rings. The van der Waals surface area contributed by atoms with Crippen LogP contribution in [0.3, 0.4) is 0 Å². The van der Waals surface area contributed by atoms with Crippen LogP contribution in [0.2, 0.25) is 0 Å². The Morgan fingerprint density at radius 2 is 1.76 bits per heavy atom. The smallest absolute Gasteiger partial charge is 0.315 e. The second kappa shape index (κ2) is 8.11. The van der Waals surface area contributed by atoms with Gasteiger partial charge in [0.15, 0.2) is 0 Å². The Labute approximate surface area is 146 Å². The minimum Gasteiger partial charge on any atom is -0.481 e. The number of carbonyl (C=O) groups excluding carboxylic acids is 1. The molecule has 0 aliphatic rings. The summed E-state index contributed by atoms with van der Waals surface area (Å²) in [6, 6.07) is 17.7. The van der Waals surface area contributed by atoms with Crippen molar-refractivity contribution in [3.8, 4) is 6.07 Å². The maximum atomic E-state index is 12.4. The van der Waals surface area contributed by atoms with E-state index in [1.54, 1.807) is 55.5 Å². The standard InChI is InChI=1S/C20H20N2O3/c1-2-20(19(24)25,17-6-4-3-5-7-17)14-22-18(23)16-10-8-15(9-11-16)12-13-21/h3-11H,2,12,14H2,1H3,(H,22,23)(H,24,25). The minimum atomic E-state index is -1.17. The summed E-state index contributed by atoms with van der Waals surface area (Å²) in [6.45, 7) is 1.80. The number of benzene rings is 2. The molecule has 0 aliphatic heterocycles. The van der Waals surface area contributed by atoms with Crippen LogP contribution in [0.4, 0.5) is 0 Å². The van der Waals surface area contributed by atoms with E-state index < -0.39 is 11.4 Å². The van der Waals surface area contributed by atoms with Crippen LogP contribution in [0.25, 0.3) is 0 Å². The van der Waals surface area contributed by atoms with Crippen LogP contribution in [0.1, 0.15) is 34.8 Å². The SMILES string of the molecule is CCC(CNC(=O)c1ccc(CC#N)cc1)(C(=O)O)c1ccccc1. The molecule has 1 amide bonds. The first-order chi connectivity index (χ1) is 12.0. The third kappa shape index (κ3) is 4.04. The molecule has 0 saturated carbocycles. The van der Waals surface area contributed by atoms with Gasteiger partial charge in [-0.05, 0) is 29.7 Å². The maximum Gasteiger partial charge on any atom is 0.315 e. The summed E-state index contributed by atoms with van der Waals surface area (Å²) in [6.07, 6.45) is 0.640. The second-order valence-corrected chi connectivity index (χ2v) is 5.82. The highest BCUT2D eigenvalue weighted by Gasteiger charge is 2.39. The summed E-state index contributed by atoms with van der Waals surface area (Å²) in [5.41, 5.74) is 0.758. The van der Waals surface area contributed by atoms with Crippen molar-refractivity contribution in [1.29, 1.82) is 5.26 Å². The second-order valence-electron chi connectivity index (χ2n) is 5.82. The molecule has 0 heterocycles. The van der Waals surface area contributed by atoms with E-state index in [0.717, 1.165) is 5.56 Å². The van der Waals surface area contributed by atoms with Gasteiger partial charge >= 0.3 is 5.97 Å². The van der Waals surface area contributed by atoms with Crippen molar-refractivity contribution >= 4 is 11.9 Å². The van der Waals surface area contributed by atoms with Crippen LogP contribution >= 0.6 is 0 Å². The number of carboxylic acids is 1. The van der Waals surface area contributed by atoms with Gasteiger partial charge in [0.05, 0.1) is 12.5 Å². The van der Waals surface area contributed by atoms with Crippen molar-refractivity contribution in [1.82, 2.24) is 5.32 Å². The average Bonchev–Trinajstić information content (AvgIpc) is 2.64. The third-order valence-corrected chi connectivity index (χ3v) is 4.39. The molecule has 0 radical (unpaired) electrons. The fraction of sp³-hybridized carbons (Fsp3) is 0.250. The third-order valence-electron chi connectivity index (χ3n) is 4.39. The Hall–Kier alpha value is -3.13. The summed E-state index contributed by atoms with van der Waals surface area (Å²) in [7, 11) is 0. The largest absolute Gasteiger partial charge is 0.481 e. The molecule has 2 N–H and O–H groups in total. The van der Waals surface area contributed by atoms with Crippen LogP contribution in [0.15, 0.2) is 54.6 Å². The molecule has 1 atom stereocenters. The Kier molecular flexibility index (Phi) is 5.91. The van der Waals surface area contributed by atoms with E-state index in [2.05, 4.69) is 11.4 Å². The van der Waals surface area contributed by atoms with E-state index in [9.17, 15) is 14.7 Å². The Morgan fingerprint density at radius 1 is 1.12 bits per heavy atom. The predicted molar refractivity (Wildman–Crippen MR) is 94.1 cm³/mol. The summed E-state index contributed by atoms with van der Waals surface area (Å²) in [5, 5.41) is 21.2. The number of carbonyl (C=O) groups is 2. The fourth-order valence-corrected chi connectivity index (χ4v) is 2.74. The van der Waals surface area contributed by atoms with E-state index in [-0.39, 0.29) is 18.9 Å². The van der Waals surface area contributed by atoms with Gasteiger partial charge in [0.25, 0.3) is 5.91 Å². The van der Waals surface area contributed by atoms with Gasteiger partial charge in [0.2, 0.25) is 0 Å². The monoisotopic (exact) mass is 336 g/mol. The Bertz CT molecular complexity index is 779. The van der Waals surface area contributed by atoms with Crippen molar-refractivity contribution in [2.75, 3.05) is 6.54 Å². The number of amides is 1. The lowest BCUT2D eigenvalue weighted by Crippen LogP contribution is -2.46. The van der Waals surface area contributed by atoms with Crippen LogP contribution in [-0.2, 0) is 16.6 Å². The molecule has 0 spiro atoms. The summed E-state index contributed by atoms with van der Waals surface area (Å²) in [4.78, 5) is 24.3. The number of hydrogen-bond acceptors (Lipinski definition) is 3. The van der Waals surface area contributed by atoms with Crippen LogP contribution < -0.4 is 5.32 Å². The van der Waals surface area contributed by atoms with Crippen molar-refractivity contribution in [2.45, 2.75) is 25.2 Å². The molecular formula is C20H20N2O3. The van der Waals surface area contributed by atoms with Gasteiger partial charge in [0.1, 0.15) is 5.41 Å². The first kappa shape index (κ1) is 18.2. The highest BCUT2D eigenvalue weighted by molar-refractivity contribution is 5.95. The van der Waals surface area contributed by atoms with Gasteiger partial charge < -0.3 is 10.4 Å². The molecular weight excluding hydrogens is 316 g/mol. The lowest BCUT2D eigenvalue weighted by atomic mass is 9.78. The first-order valence-electron chi connectivity index (χ1n) is 8.06. The zero-order valence-electron chi connectivity index (χ0n) is 14.0. The van der Waals surface area contributed by atoms with Crippen molar-refractivity contribution in [3.05, 3.63) is 71.3 Å². The van der Waals surface area contributed by atoms with Crippen molar-refractivity contribution in [2.24, 2.45) is 0 Å². The summed E-state index contributed by atoms with van der Waals surface area (Å²) >= 11 is 0.